The number of pyridine rings is 1. The number of hydrogen-bond donors (Lipinski definition) is 2. The number of aromatic hydroxyl groups is 1. The van der Waals surface area contributed by atoms with E-state index in [0.29, 0.717) is 23.0 Å². The number of nitrogen functional groups attached to an aromatic ring is 1. The van der Waals surface area contributed by atoms with Gasteiger partial charge in [0.1, 0.15) is 5.75 Å². The van der Waals surface area contributed by atoms with Gasteiger partial charge >= 0.3 is 0 Å². The highest BCUT2D eigenvalue weighted by Gasteiger charge is 2.06. The van der Waals surface area contributed by atoms with Crippen molar-refractivity contribution in [3.8, 4) is 28.6 Å². The van der Waals surface area contributed by atoms with Crippen LogP contribution in [0.4, 0.5) is 10.1 Å². The molecule has 3 rings (SSSR count). The van der Waals surface area contributed by atoms with Crippen molar-refractivity contribution in [2.24, 2.45) is 0 Å². The van der Waals surface area contributed by atoms with Gasteiger partial charge in [0.2, 0.25) is 5.88 Å². The van der Waals surface area contributed by atoms with Gasteiger partial charge in [-0.25, -0.2) is 9.37 Å². The predicted molar refractivity (Wildman–Crippen MR) is 82.2 cm³/mol. The average Bonchev–Trinajstić information content (AvgIpc) is 2.51. The number of nitrogens with zero attached hydrogens (tertiary/aromatic N) is 1. The first-order valence-corrected chi connectivity index (χ1v) is 6.61. The molecule has 0 aliphatic carbocycles. The van der Waals surface area contributed by atoms with E-state index >= 15 is 0 Å². The zero-order valence-electron chi connectivity index (χ0n) is 11.5. The van der Waals surface area contributed by atoms with Gasteiger partial charge in [-0.2, -0.15) is 0 Å². The van der Waals surface area contributed by atoms with Crippen molar-refractivity contribution < 1.29 is 14.2 Å². The minimum absolute atomic E-state index is 0.302. The number of aromatic nitrogens is 1. The Labute approximate surface area is 126 Å². The molecule has 0 spiro atoms. The van der Waals surface area contributed by atoms with E-state index in [1.54, 1.807) is 18.2 Å². The highest BCUT2D eigenvalue weighted by atomic mass is 19.1. The van der Waals surface area contributed by atoms with E-state index in [0.717, 1.165) is 11.6 Å². The number of anilines is 1. The Kier molecular flexibility index (Phi) is 3.62. The van der Waals surface area contributed by atoms with Crippen LogP contribution in [0.5, 0.6) is 17.4 Å². The lowest BCUT2D eigenvalue weighted by molar-refractivity contribution is 0.418. The van der Waals surface area contributed by atoms with E-state index in [-0.39, 0.29) is 0 Å². The SMILES string of the molecule is Nc1cccc(-c2cccc(Oc3ccc(F)c(O)c3)n2)c1. The van der Waals surface area contributed by atoms with Gasteiger partial charge in [0, 0.05) is 23.4 Å². The van der Waals surface area contributed by atoms with E-state index < -0.39 is 11.6 Å². The van der Waals surface area contributed by atoms with Crippen molar-refractivity contribution in [2.75, 3.05) is 5.73 Å². The van der Waals surface area contributed by atoms with Crippen molar-refractivity contribution in [3.63, 3.8) is 0 Å². The molecule has 22 heavy (non-hydrogen) atoms. The number of ether oxygens (including phenoxy) is 1. The summed E-state index contributed by atoms with van der Waals surface area (Å²) in [7, 11) is 0. The van der Waals surface area contributed by atoms with E-state index in [9.17, 15) is 9.50 Å². The Hall–Kier alpha value is -3.08. The molecular weight excluding hydrogens is 283 g/mol. The second-order valence-electron chi connectivity index (χ2n) is 4.70. The van der Waals surface area contributed by atoms with Crippen molar-refractivity contribution in [3.05, 3.63) is 66.5 Å². The fourth-order valence-electron chi connectivity index (χ4n) is 2.01. The smallest absolute Gasteiger partial charge is 0.219 e. The summed E-state index contributed by atoms with van der Waals surface area (Å²) < 4.78 is 18.6. The number of benzene rings is 2. The average molecular weight is 296 g/mol. The first-order valence-electron chi connectivity index (χ1n) is 6.61. The summed E-state index contributed by atoms with van der Waals surface area (Å²) in [5.74, 6) is -0.527. The maximum atomic E-state index is 13.0. The molecule has 0 bridgehead atoms. The van der Waals surface area contributed by atoms with Crippen LogP contribution in [0, 0.1) is 5.82 Å². The molecule has 0 amide bonds. The number of rotatable bonds is 3. The van der Waals surface area contributed by atoms with Crippen molar-refractivity contribution in [2.45, 2.75) is 0 Å². The second-order valence-corrected chi connectivity index (χ2v) is 4.70. The normalized spacial score (nSPS) is 10.4. The Morgan fingerprint density at radius 3 is 2.59 bits per heavy atom. The largest absolute Gasteiger partial charge is 0.505 e. The monoisotopic (exact) mass is 296 g/mol. The van der Waals surface area contributed by atoms with E-state index in [2.05, 4.69) is 4.98 Å². The van der Waals surface area contributed by atoms with Gasteiger partial charge in [0.15, 0.2) is 11.6 Å². The molecule has 0 saturated heterocycles. The van der Waals surface area contributed by atoms with E-state index in [1.807, 2.05) is 24.3 Å². The van der Waals surface area contributed by atoms with Crippen LogP contribution in [0.1, 0.15) is 0 Å². The maximum absolute atomic E-state index is 13.0. The molecule has 1 aromatic heterocycles. The Bertz CT molecular complexity index is 821. The van der Waals surface area contributed by atoms with Crippen LogP contribution >= 0.6 is 0 Å². The van der Waals surface area contributed by atoms with Gasteiger partial charge in [-0.05, 0) is 30.3 Å². The summed E-state index contributed by atoms with van der Waals surface area (Å²) in [6.45, 7) is 0. The Morgan fingerprint density at radius 1 is 1.00 bits per heavy atom. The van der Waals surface area contributed by atoms with Gasteiger partial charge < -0.3 is 15.6 Å². The topological polar surface area (TPSA) is 68.4 Å². The predicted octanol–water partition coefficient (Wildman–Crippen LogP) is 3.97. The minimum Gasteiger partial charge on any atom is -0.505 e. The highest BCUT2D eigenvalue weighted by molar-refractivity contribution is 5.64. The summed E-state index contributed by atoms with van der Waals surface area (Å²) in [6.07, 6.45) is 0. The molecular formula is C17H13FN2O2. The molecule has 110 valence electrons. The molecule has 0 unspecified atom stereocenters. The molecule has 0 radical (unpaired) electrons. The van der Waals surface area contributed by atoms with Crippen molar-refractivity contribution >= 4 is 5.69 Å². The second kappa shape index (κ2) is 5.73. The van der Waals surface area contributed by atoms with Crippen LogP contribution in [-0.2, 0) is 0 Å². The fraction of sp³-hybridized carbons (Fsp3) is 0. The number of halogens is 1. The van der Waals surface area contributed by atoms with Gasteiger partial charge in [-0.15, -0.1) is 0 Å². The van der Waals surface area contributed by atoms with Gasteiger partial charge in [0.05, 0.1) is 5.69 Å². The lowest BCUT2D eigenvalue weighted by Crippen LogP contribution is -1.91. The molecule has 0 aliphatic heterocycles. The summed E-state index contributed by atoms with van der Waals surface area (Å²) in [5, 5.41) is 9.35. The Morgan fingerprint density at radius 2 is 1.82 bits per heavy atom. The zero-order valence-corrected chi connectivity index (χ0v) is 11.5. The molecule has 0 saturated carbocycles. The van der Waals surface area contributed by atoms with Crippen LogP contribution in [0.25, 0.3) is 11.3 Å². The van der Waals surface area contributed by atoms with Crippen LogP contribution < -0.4 is 10.5 Å². The van der Waals surface area contributed by atoms with Gasteiger partial charge in [0.25, 0.3) is 0 Å². The Balaban J connectivity index is 1.89. The summed E-state index contributed by atoms with van der Waals surface area (Å²) in [4.78, 5) is 4.38. The van der Waals surface area contributed by atoms with E-state index in [4.69, 9.17) is 10.5 Å². The lowest BCUT2D eigenvalue weighted by atomic mass is 10.1. The molecule has 1 heterocycles. The molecule has 0 aliphatic rings. The molecule has 3 aromatic rings. The molecule has 4 nitrogen and oxygen atoms in total. The van der Waals surface area contributed by atoms with Crippen molar-refractivity contribution in [1.29, 1.82) is 0 Å². The minimum atomic E-state index is -0.700. The number of phenols is 1. The third kappa shape index (κ3) is 2.98. The lowest BCUT2D eigenvalue weighted by Gasteiger charge is -2.08. The van der Waals surface area contributed by atoms with Crippen LogP contribution in [0.3, 0.4) is 0 Å². The summed E-state index contributed by atoms with van der Waals surface area (Å²) in [6, 6.07) is 16.4. The van der Waals surface area contributed by atoms with Crippen LogP contribution in [0.2, 0.25) is 0 Å². The molecule has 5 heteroatoms. The van der Waals surface area contributed by atoms with E-state index in [1.165, 1.54) is 12.1 Å². The quantitative estimate of drug-likeness (QED) is 0.718. The van der Waals surface area contributed by atoms with Crippen LogP contribution in [0.15, 0.2) is 60.7 Å². The highest BCUT2D eigenvalue weighted by Crippen LogP contribution is 2.27. The third-order valence-electron chi connectivity index (χ3n) is 3.05. The number of hydrogen-bond acceptors (Lipinski definition) is 4. The number of nitrogens with two attached hydrogens (primary N) is 1. The van der Waals surface area contributed by atoms with Gasteiger partial charge in [-0.3, -0.25) is 0 Å². The number of phenolic OH excluding ortho intramolecular Hbond substituents is 1. The van der Waals surface area contributed by atoms with Gasteiger partial charge in [-0.1, -0.05) is 18.2 Å². The standard InChI is InChI=1S/C17H13FN2O2/c18-14-8-7-13(10-16(14)21)22-17-6-2-5-15(20-17)11-3-1-4-12(19)9-11/h1-10,21H,19H2. The van der Waals surface area contributed by atoms with Crippen molar-refractivity contribution in [1.82, 2.24) is 4.98 Å². The molecule has 0 fully saturated rings. The zero-order chi connectivity index (χ0) is 15.5. The first kappa shape index (κ1) is 13.9. The molecule has 2 aromatic carbocycles. The molecule has 0 atom stereocenters. The summed E-state index contributed by atoms with van der Waals surface area (Å²) >= 11 is 0. The maximum Gasteiger partial charge on any atom is 0.219 e. The molecule has 3 N–H and O–H groups in total. The fourth-order valence-corrected chi connectivity index (χ4v) is 2.01. The third-order valence-corrected chi connectivity index (χ3v) is 3.05. The van der Waals surface area contributed by atoms with Crippen LogP contribution in [-0.4, -0.2) is 10.1 Å². The summed E-state index contributed by atoms with van der Waals surface area (Å²) in [5.41, 5.74) is 7.99. The first-order chi connectivity index (χ1) is 10.6.